The Morgan fingerprint density at radius 3 is 2.53 bits per heavy atom. The van der Waals surface area contributed by atoms with E-state index >= 15 is 0 Å². The van der Waals surface area contributed by atoms with Crippen molar-refractivity contribution < 1.29 is 13.2 Å². The van der Waals surface area contributed by atoms with Crippen LogP contribution in [0, 0.1) is 5.92 Å². The minimum Gasteiger partial charge on any atom is -0.379 e. The van der Waals surface area contributed by atoms with E-state index in [9.17, 15) is 8.42 Å². The van der Waals surface area contributed by atoms with Gasteiger partial charge in [0.1, 0.15) is 0 Å². The molecule has 1 atom stereocenters. The third-order valence-corrected chi connectivity index (χ3v) is 9.04. The molecule has 2 fully saturated rings. The molecule has 0 radical (unpaired) electrons. The van der Waals surface area contributed by atoms with Crippen molar-refractivity contribution in [3.63, 3.8) is 0 Å². The summed E-state index contributed by atoms with van der Waals surface area (Å²) in [6.07, 6.45) is 9.04. The van der Waals surface area contributed by atoms with Crippen LogP contribution < -0.4 is 21.6 Å². The Hall–Kier alpha value is -2.37. The number of likely N-dealkylation sites (tertiary alicyclic amines) is 1. The minimum absolute atomic E-state index is 0.264. The van der Waals surface area contributed by atoms with E-state index in [1.807, 2.05) is 6.20 Å². The van der Waals surface area contributed by atoms with Crippen LogP contribution >= 0.6 is 0 Å². The fourth-order valence-electron chi connectivity index (χ4n) is 4.94. The Balaban J connectivity index is 1.33. The number of hydrogen-bond donors (Lipinski definition) is 2. The standard InChI is InChI=1S/C24H32N6O3S/c1-29-10-7-19(8-11-29)24(25)9-6-18-17-26-23(28-22(18)16-24)27-20-2-4-21(5-3-20)34(31,32)30-12-14-33-15-13-30/h2-6,16-17,19H,7-15,25H2,1H3,(H,27,28). The van der Waals surface area contributed by atoms with Gasteiger partial charge in [0.15, 0.2) is 0 Å². The molecule has 3 aliphatic rings. The molecule has 2 aliphatic heterocycles. The topological polar surface area (TPSA) is 114 Å². The maximum Gasteiger partial charge on any atom is 0.243 e. The first kappa shape index (κ1) is 23.4. The zero-order valence-electron chi connectivity index (χ0n) is 19.5. The van der Waals surface area contributed by atoms with Gasteiger partial charge in [-0.1, -0.05) is 6.08 Å². The second-order valence-electron chi connectivity index (χ2n) is 9.44. The van der Waals surface area contributed by atoms with E-state index in [0.717, 1.165) is 48.6 Å². The minimum atomic E-state index is -3.52. The SMILES string of the molecule is CN1CCC(C2(N)C=c3nc(Nc4ccc(S(=O)(=O)N5CCOCC5)cc4)ncc3=CC2)CC1. The smallest absolute Gasteiger partial charge is 0.243 e. The summed E-state index contributed by atoms with van der Waals surface area (Å²) >= 11 is 0. The highest BCUT2D eigenvalue weighted by atomic mass is 32.2. The number of ether oxygens (including phenoxy) is 1. The van der Waals surface area contributed by atoms with Crippen molar-refractivity contribution >= 4 is 33.8 Å². The van der Waals surface area contributed by atoms with Gasteiger partial charge in [0, 0.05) is 35.7 Å². The van der Waals surface area contributed by atoms with Crippen LogP contribution in [0.25, 0.3) is 12.2 Å². The second-order valence-corrected chi connectivity index (χ2v) is 11.4. The van der Waals surface area contributed by atoms with E-state index in [1.165, 1.54) is 4.31 Å². The molecule has 3 heterocycles. The molecule has 9 nitrogen and oxygen atoms in total. The van der Waals surface area contributed by atoms with Crippen molar-refractivity contribution in [1.82, 2.24) is 19.2 Å². The first-order valence-corrected chi connectivity index (χ1v) is 13.3. The number of anilines is 2. The molecular weight excluding hydrogens is 452 g/mol. The summed E-state index contributed by atoms with van der Waals surface area (Å²) in [5.74, 6) is 0.889. The predicted octanol–water partition coefficient (Wildman–Crippen LogP) is 0.245. The summed E-state index contributed by atoms with van der Waals surface area (Å²) in [5.41, 5.74) is 7.18. The number of fused-ring (bicyclic) bond motifs is 1. The van der Waals surface area contributed by atoms with Crippen LogP contribution in [-0.2, 0) is 14.8 Å². The highest BCUT2D eigenvalue weighted by Gasteiger charge is 2.35. The maximum absolute atomic E-state index is 12.8. The van der Waals surface area contributed by atoms with Crippen LogP contribution in [0.2, 0.25) is 0 Å². The molecule has 1 aromatic heterocycles. The van der Waals surface area contributed by atoms with Gasteiger partial charge in [0.25, 0.3) is 0 Å². The van der Waals surface area contributed by atoms with E-state index in [2.05, 4.69) is 34.4 Å². The molecule has 1 aliphatic carbocycles. The van der Waals surface area contributed by atoms with Crippen molar-refractivity contribution in [3.8, 4) is 0 Å². The number of aromatic nitrogens is 2. The molecule has 2 saturated heterocycles. The molecular formula is C24H32N6O3S. The molecule has 34 heavy (non-hydrogen) atoms. The monoisotopic (exact) mass is 484 g/mol. The van der Waals surface area contributed by atoms with E-state index in [4.69, 9.17) is 15.5 Å². The first-order valence-electron chi connectivity index (χ1n) is 11.8. The van der Waals surface area contributed by atoms with E-state index in [1.54, 1.807) is 24.3 Å². The summed E-state index contributed by atoms with van der Waals surface area (Å²) in [5, 5.41) is 5.03. The predicted molar refractivity (Wildman–Crippen MR) is 131 cm³/mol. The van der Waals surface area contributed by atoms with E-state index < -0.39 is 15.6 Å². The number of sulfonamides is 1. The van der Waals surface area contributed by atoms with Crippen molar-refractivity contribution in [1.29, 1.82) is 0 Å². The van der Waals surface area contributed by atoms with Crippen LogP contribution in [0.3, 0.4) is 0 Å². The third kappa shape index (κ3) is 4.73. The third-order valence-electron chi connectivity index (χ3n) is 7.13. The zero-order valence-corrected chi connectivity index (χ0v) is 20.3. The summed E-state index contributed by atoms with van der Waals surface area (Å²) < 4.78 is 32.4. The molecule has 3 N–H and O–H groups in total. The average molecular weight is 485 g/mol. The first-order chi connectivity index (χ1) is 16.3. The van der Waals surface area contributed by atoms with Gasteiger partial charge in [0.2, 0.25) is 16.0 Å². The Kier molecular flexibility index (Phi) is 6.43. The lowest BCUT2D eigenvalue weighted by atomic mass is 9.75. The van der Waals surface area contributed by atoms with Crippen LogP contribution in [0.5, 0.6) is 0 Å². The van der Waals surface area contributed by atoms with Gasteiger partial charge in [0.05, 0.1) is 23.5 Å². The molecule has 1 unspecified atom stereocenters. The molecule has 182 valence electrons. The second kappa shape index (κ2) is 9.35. The number of rotatable bonds is 5. The summed E-state index contributed by atoms with van der Waals surface area (Å²) in [4.78, 5) is 11.8. The normalized spacial score (nSPS) is 24.6. The summed E-state index contributed by atoms with van der Waals surface area (Å²) in [6, 6.07) is 6.68. The number of nitrogens with one attached hydrogen (secondary N) is 1. The zero-order chi connectivity index (χ0) is 23.8. The van der Waals surface area contributed by atoms with Gasteiger partial charge < -0.3 is 20.7 Å². The molecule has 10 heteroatoms. The van der Waals surface area contributed by atoms with Gasteiger partial charge in [-0.3, -0.25) is 0 Å². The Labute approximate surface area is 200 Å². The van der Waals surface area contributed by atoms with Crippen molar-refractivity contribution in [3.05, 3.63) is 41.0 Å². The summed E-state index contributed by atoms with van der Waals surface area (Å²) in [7, 11) is -1.37. The lowest BCUT2D eigenvalue weighted by Crippen LogP contribution is -2.53. The number of nitrogens with two attached hydrogens (primary N) is 1. The quantitative estimate of drug-likeness (QED) is 0.621. The van der Waals surface area contributed by atoms with Gasteiger partial charge in [-0.05, 0) is 75.7 Å². The van der Waals surface area contributed by atoms with Gasteiger partial charge in [-0.15, -0.1) is 0 Å². The molecule has 0 amide bonds. The van der Waals surface area contributed by atoms with Gasteiger partial charge in [-0.25, -0.2) is 18.4 Å². The van der Waals surface area contributed by atoms with E-state index in [-0.39, 0.29) is 4.90 Å². The highest BCUT2D eigenvalue weighted by molar-refractivity contribution is 7.89. The molecule has 5 rings (SSSR count). The number of hydrogen-bond acceptors (Lipinski definition) is 8. The molecule has 1 aromatic carbocycles. The van der Waals surface area contributed by atoms with Gasteiger partial charge >= 0.3 is 0 Å². The number of benzene rings is 1. The van der Waals surface area contributed by atoms with Crippen LogP contribution in [-0.4, -0.2) is 79.6 Å². The van der Waals surface area contributed by atoms with Crippen molar-refractivity contribution in [2.75, 3.05) is 51.8 Å². The number of nitrogens with zero attached hydrogens (tertiary/aromatic N) is 4. The number of piperidine rings is 1. The molecule has 0 bridgehead atoms. The van der Waals surface area contributed by atoms with Crippen molar-refractivity contribution in [2.45, 2.75) is 29.7 Å². The molecule has 2 aromatic rings. The Bertz CT molecular complexity index is 1250. The maximum atomic E-state index is 12.8. The largest absolute Gasteiger partial charge is 0.379 e. The Morgan fingerprint density at radius 1 is 1.12 bits per heavy atom. The molecule has 0 spiro atoms. The van der Waals surface area contributed by atoms with E-state index in [0.29, 0.717) is 38.2 Å². The van der Waals surface area contributed by atoms with Crippen LogP contribution in [0.1, 0.15) is 19.3 Å². The summed E-state index contributed by atoms with van der Waals surface area (Å²) in [6.45, 7) is 3.73. The lowest BCUT2D eigenvalue weighted by molar-refractivity contribution is 0.0730. The van der Waals surface area contributed by atoms with Gasteiger partial charge in [-0.2, -0.15) is 4.31 Å². The van der Waals surface area contributed by atoms with Crippen LogP contribution in [0.4, 0.5) is 11.6 Å². The van der Waals surface area contributed by atoms with Crippen LogP contribution in [0.15, 0.2) is 35.4 Å². The fraction of sp³-hybridized carbons (Fsp3) is 0.500. The fourth-order valence-corrected chi connectivity index (χ4v) is 6.35. The van der Waals surface area contributed by atoms with Crippen molar-refractivity contribution in [2.24, 2.45) is 11.7 Å². The average Bonchev–Trinajstić information content (AvgIpc) is 2.85. The Morgan fingerprint density at radius 2 is 1.82 bits per heavy atom. The highest BCUT2D eigenvalue weighted by Crippen LogP contribution is 2.31. The molecule has 0 saturated carbocycles. The number of morpholine rings is 1. The lowest BCUT2D eigenvalue weighted by Gasteiger charge is -2.40.